The predicted molar refractivity (Wildman–Crippen MR) is 107 cm³/mol. The summed E-state index contributed by atoms with van der Waals surface area (Å²) >= 11 is 0. The van der Waals surface area contributed by atoms with E-state index in [4.69, 9.17) is 4.74 Å². The van der Waals surface area contributed by atoms with Crippen LogP contribution in [0.4, 0.5) is 4.39 Å². The van der Waals surface area contributed by atoms with Crippen molar-refractivity contribution in [2.45, 2.75) is 31.7 Å². The highest BCUT2D eigenvalue weighted by Gasteiger charge is 2.35. The second kappa shape index (κ2) is 9.12. The fourth-order valence-corrected chi connectivity index (χ4v) is 4.74. The number of morpholine rings is 1. The lowest BCUT2D eigenvalue weighted by Crippen LogP contribution is -2.54. The second-order valence-corrected chi connectivity index (χ2v) is 8.27. The Balaban J connectivity index is 1.33. The van der Waals surface area contributed by atoms with Crippen molar-refractivity contribution in [3.8, 4) is 0 Å². The number of ether oxygens (including phenoxy) is 1. The Bertz CT molecular complexity index is 809. The van der Waals surface area contributed by atoms with Crippen LogP contribution in [-0.4, -0.2) is 84.4 Å². The molecule has 1 aromatic carbocycles. The third-order valence-electron chi connectivity index (χ3n) is 6.40. The Hall–Kier alpha value is -2.48. The summed E-state index contributed by atoms with van der Waals surface area (Å²) in [7, 11) is 0. The summed E-state index contributed by atoms with van der Waals surface area (Å²) < 4.78 is 19.2. The van der Waals surface area contributed by atoms with E-state index in [1.807, 2.05) is 9.80 Å². The van der Waals surface area contributed by atoms with E-state index in [1.54, 1.807) is 17.0 Å². The van der Waals surface area contributed by atoms with Crippen LogP contribution in [0.3, 0.4) is 0 Å². The molecule has 30 heavy (non-hydrogen) atoms. The number of amides is 3. The van der Waals surface area contributed by atoms with E-state index in [1.165, 1.54) is 12.1 Å². The molecule has 8 heteroatoms. The van der Waals surface area contributed by atoms with E-state index in [0.29, 0.717) is 39.3 Å². The van der Waals surface area contributed by atoms with Gasteiger partial charge in [0, 0.05) is 38.8 Å². The first kappa shape index (κ1) is 20.8. The molecule has 0 N–H and O–H groups in total. The maximum Gasteiger partial charge on any atom is 0.256 e. The summed E-state index contributed by atoms with van der Waals surface area (Å²) in [6.07, 6.45) is 3.00. The Morgan fingerprint density at radius 3 is 2.50 bits per heavy atom. The largest absolute Gasteiger partial charge is 0.370 e. The molecule has 0 saturated carbocycles. The van der Waals surface area contributed by atoms with Gasteiger partial charge >= 0.3 is 0 Å². The lowest BCUT2D eigenvalue weighted by atomic mass is 9.94. The van der Waals surface area contributed by atoms with E-state index in [9.17, 15) is 18.8 Å². The van der Waals surface area contributed by atoms with Crippen LogP contribution in [0.1, 0.15) is 36.0 Å². The maximum absolute atomic E-state index is 14.0. The minimum Gasteiger partial charge on any atom is -0.370 e. The van der Waals surface area contributed by atoms with Gasteiger partial charge in [0.25, 0.3) is 5.91 Å². The standard InChI is InChI=1S/C22H28FN3O4/c23-19-6-2-1-5-18(19)22(29)25-9-3-4-16(14-25)21(28)24-10-7-17(8-11-24)26-12-13-30-15-20(26)27/h1-2,5-6,16-17H,3-4,7-15H2. The van der Waals surface area contributed by atoms with Gasteiger partial charge in [0.1, 0.15) is 12.4 Å². The molecule has 1 atom stereocenters. The number of hydrogen-bond acceptors (Lipinski definition) is 4. The molecule has 0 radical (unpaired) electrons. The van der Waals surface area contributed by atoms with E-state index in [0.717, 1.165) is 25.7 Å². The molecular formula is C22H28FN3O4. The summed E-state index contributed by atoms with van der Waals surface area (Å²) in [4.78, 5) is 43.2. The number of rotatable bonds is 3. The van der Waals surface area contributed by atoms with Crippen LogP contribution >= 0.6 is 0 Å². The molecule has 162 valence electrons. The van der Waals surface area contributed by atoms with Crippen LogP contribution in [0, 0.1) is 11.7 Å². The highest BCUT2D eigenvalue weighted by molar-refractivity contribution is 5.95. The second-order valence-electron chi connectivity index (χ2n) is 8.27. The number of carbonyl (C=O) groups excluding carboxylic acids is 3. The lowest BCUT2D eigenvalue weighted by Gasteiger charge is -2.41. The molecule has 3 aliphatic heterocycles. The summed E-state index contributed by atoms with van der Waals surface area (Å²) in [6.45, 7) is 3.43. The molecule has 1 unspecified atom stereocenters. The molecular weight excluding hydrogens is 389 g/mol. The Morgan fingerprint density at radius 1 is 1.00 bits per heavy atom. The van der Waals surface area contributed by atoms with Crippen molar-refractivity contribution in [3.63, 3.8) is 0 Å². The van der Waals surface area contributed by atoms with Gasteiger partial charge in [0.05, 0.1) is 18.1 Å². The van der Waals surface area contributed by atoms with Crippen LogP contribution in [0.5, 0.6) is 0 Å². The summed E-state index contributed by atoms with van der Waals surface area (Å²) in [5.41, 5.74) is 0.0570. The van der Waals surface area contributed by atoms with E-state index < -0.39 is 5.82 Å². The molecule has 3 fully saturated rings. The van der Waals surface area contributed by atoms with Crippen molar-refractivity contribution in [2.24, 2.45) is 5.92 Å². The minimum absolute atomic E-state index is 0.0283. The van der Waals surface area contributed by atoms with Gasteiger partial charge in [0.2, 0.25) is 11.8 Å². The van der Waals surface area contributed by atoms with Crippen LogP contribution in [-0.2, 0) is 14.3 Å². The van der Waals surface area contributed by atoms with Gasteiger partial charge in [-0.1, -0.05) is 12.1 Å². The van der Waals surface area contributed by atoms with Crippen molar-refractivity contribution in [2.75, 3.05) is 45.9 Å². The van der Waals surface area contributed by atoms with Crippen LogP contribution < -0.4 is 0 Å². The van der Waals surface area contributed by atoms with Gasteiger partial charge in [-0.3, -0.25) is 14.4 Å². The van der Waals surface area contributed by atoms with Gasteiger partial charge in [-0.15, -0.1) is 0 Å². The lowest BCUT2D eigenvalue weighted by molar-refractivity contribution is -0.148. The van der Waals surface area contributed by atoms with Crippen LogP contribution in [0.25, 0.3) is 0 Å². The third kappa shape index (κ3) is 4.33. The normalized spacial score (nSPS) is 23.6. The molecule has 3 heterocycles. The highest BCUT2D eigenvalue weighted by atomic mass is 19.1. The smallest absolute Gasteiger partial charge is 0.256 e. The van der Waals surface area contributed by atoms with Crippen molar-refractivity contribution in [1.82, 2.24) is 14.7 Å². The molecule has 1 aromatic rings. The van der Waals surface area contributed by atoms with E-state index in [-0.39, 0.29) is 41.9 Å². The van der Waals surface area contributed by atoms with E-state index >= 15 is 0 Å². The van der Waals surface area contributed by atoms with Crippen LogP contribution in [0.15, 0.2) is 24.3 Å². The molecule has 0 aliphatic carbocycles. The van der Waals surface area contributed by atoms with Gasteiger partial charge in [0.15, 0.2) is 0 Å². The van der Waals surface area contributed by atoms with Crippen LogP contribution in [0.2, 0.25) is 0 Å². The monoisotopic (exact) mass is 417 g/mol. The Kier molecular flexibility index (Phi) is 6.32. The first-order valence-electron chi connectivity index (χ1n) is 10.7. The quantitative estimate of drug-likeness (QED) is 0.748. The zero-order valence-electron chi connectivity index (χ0n) is 17.1. The molecule has 7 nitrogen and oxygen atoms in total. The number of halogens is 1. The maximum atomic E-state index is 14.0. The summed E-state index contributed by atoms with van der Waals surface area (Å²) in [5.74, 6) is -1.05. The predicted octanol–water partition coefficient (Wildman–Crippen LogP) is 1.53. The van der Waals surface area contributed by atoms with Crippen molar-refractivity contribution < 1.29 is 23.5 Å². The molecule has 3 saturated heterocycles. The number of benzene rings is 1. The zero-order valence-corrected chi connectivity index (χ0v) is 17.1. The molecule has 3 amide bonds. The first-order chi connectivity index (χ1) is 14.5. The van der Waals surface area contributed by atoms with Gasteiger partial charge in [-0.05, 0) is 37.8 Å². The third-order valence-corrected chi connectivity index (χ3v) is 6.40. The fourth-order valence-electron chi connectivity index (χ4n) is 4.74. The molecule has 4 rings (SSSR count). The number of piperidine rings is 2. The molecule has 0 spiro atoms. The molecule has 3 aliphatic rings. The molecule has 0 bridgehead atoms. The summed E-state index contributed by atoms with van der Waals surface area (Å²) in [5, 5.41) is 0. The van der Waals surface area contributed by atoms with Gasteiger partial charge in [-0.2, -0.15) is 0 Å². The number of carbonyl (C=O) groups is 3. The summed E-state index contributed by atoms with van der Waals surface area (Å²) in [6, 6.07) is 6.13. The SMILES string of the molecule is O=C(c1ccccc1F)N1CCCC(C(=O)N2CCC(N3CCOCC3=O)CC2)C1. The van der Waals surface area contributed by atoms with E-state index in [2.05, 4.69) is 0 Å². The van der Waals surface area contributed by atoms with Crippen molar-refractivity contribution in [1.29, 1.82) is 0 Å². The van der Waals surface area contributed by atoms with Crippen molar-refractivity contribution >= 4 is 17.7 Å². The highest BCUT2D eigenvalue weighted by Crippen LogP contribution is 2.25. The number of likely N-dealkylation sites (tertiary alicyclic amines) is 2. The topological polar surface area (TPSA) is 70.2 Å². The Labute approximate surface area is 175 Å². The fraction of sp³-hybridized carbons (Fsp3) is 0.591. The molecule has 0 aromatic heterocycles. The average molecular weight is 417 g/mol. The number of hydrogen-bond donors (Lipinski definition) is 0. The zero-order chi connectivity index (χ0) is 21.1. The average Bonchev–Trinajstić information content (AvgIpc) is 2.79. The number of nitrogens with zero attached hydrogens (tertiary/aromatic N) is 3. The van der Waals surface area contributed by atoms with Gasteiger partial charge in [-0.25, -0.2) is 4.39 Å². The Morgan fingerprint density at radius 2 is 1.77 bits per heavy atom. The van der Waals surface area contributed by atoms with Crippen molar-refractivity contribution in [3.05, 3.63) is 35.6 Å². The minimum atomic E-state index is -0.532. The first-order valence-corrected chi connectivity index (χ1v) is 10.7. The van der Waals surface area contributed by atoms with Gasteiger partial charge < -0.3 is 19.4 Å².